The number of esters is 1. The molecule has 1 rings (SSSR count). The van der Waals surface area contributed by atoms with Gasteiger partial charge in [-0.3, -0.25) is 4.79 Å². The van der Waals surface area contributed by atoms with Crippen molar-refractivity contribution >= 4 is 11.9 Å². The third-order valence-corrected chi connectivity index (χ3v) is 3.11. The van der Waals surface area contributed by atoms with E-state index in [9.17, 15) is 9.59 Å². The van der Waals surface area contributed by atoms with Crippen molar-refractivity contribution in [2.24, 2.45) is 0 Å². The van der Waals surface area contributed by atoms with Crippen LogP contribution in [0.2, 0.25) is 0 Å². The van der Waals surface area contributed by atoms with Crippen LogP contribution < -0.4 is 10.6 Å². The van der Waals surface area contributed by atoms with E-state index in [0.717, 1.165) is 18.5 Å². The second-order valence-corrected chi connectivity index (χ2v) is 4.47. The summed E-state index contributed by atoms with van der Waals surface area (Å²) < 4.78 is 4.67. The molecule has 0 saturated carbocycles. The van der Waals surface area contributed by atoms with Gasteiger partial charge in [0.15, 0.2) is 0 Å². The zero-order chi connectivity index (χ0) is 15.0. The highest BCUT2D eigenvalue weighted by molar-refractivity contribution is 5.98. The van der Waals surface area contributed by atoms with Gasteiger partial charge in [-0.1, -0.05) is 25.1 Å². The average Bonchev–Trinajstić information content (AvgIpc) is 2.49. The Labute approximate surface area is 119 Å². The van der Waals surface area contributed by atoms with E-state index < -0.39 is 12.0 Å². The van der Waals surface area contributed by atoms with Crippen molar-refractivity contribution < 1.29 is 14.3 Å². The molecule has 0 aliphatic heterocycles. The lowest BCUT2D eigenvalue weighted by molar-refractivity contribution is -0.142. The van der Waals surface area contributed by atoms with Gasteiger partial charge in [-0.05, 0) is 38.1 Å². The number of hydrogen-bond acceptors (Lipinski definition) is 4. The van der Waals surface area contributed by atoms with Crippen LogP contribution in [0.5, 0.6) is 0 Å². The molecule has 1 atom stereocenters. The lowest BCUT2D eigenvalue weighted by Gasteiger charge is -2.16. The molecule has 0 radical (unpaired) electrons. The first-order chi connectivity index (χ1) is 9.63. The normalized spacial score (nSPS) is 11.8. The molecular formula is C15H22N2O3. The van der Waals surface area contributed by atoms with Gasteiger partial charge in [0.25, 0.3) is 5.91 Å². The van der Waals surface area contributed by atoms with E-state index in [1.807, 2.05) is 32.2 Å². The van der Waals surface area contributed by atoms with Gasteiger partial charge >= 0.3 is 5.97 Å². The number of methoxy groups -OCH3 is 1. The Morgan fingerprint density at radius 2 is 2.00 bits per heavy atom. The highest BCUT2D eigenvalue weighted by Crippen LogP contribution is 2.10. The summed E-state index contributed by atoms with van der Waals surface area (Å²) in [5, 5.41) is 5.77. The highest BCUT2D eigenvalue weighted by atomic mass is 16.5. The smallest absolute Gasteiger partial charge is 0.328 e. The first kappa shape index (κ1) is 16.2. The van der Waals surface area contributed by atoms with Crippen molar-refractivity contribution in [1.82, 2.24) is 10.6 Å². The first-order valence-electron chi connectivity index (χ1n) is 6.75. The Balaban J connectivity index is 2.83. The molecule has 0 aliphatic carbocycles. The molecule has 20 heavy (non-hydrogen) atoms. The fraction of sp³-hybridized carbons (Fsp3) is 0.467. The number of ether oxygens (including phenoxy) is 1. The van der Waals surface area contributed by atoms with Crippen molar-refractivity contribution in [1.29, 1.82) is 0 Å². The molecule has 1 amide bonds. The van der Waals surface area contributed by atoms with Gasteiger partial charge < -0.3 is 15.4 Å². The topological polar surface area (TPSA) is 67.4 Å². The average molecular weight is 278 g/mol. The molecule has 1 aromatic carbocycles. The van der Waals surface area contributed by atoms with Crippen molar-refractivity contribution in [2.75, 3.05) is 20.7 Å². The molecule has 0 saturated heterocycles. The van der Waals surface area contributed by atoms with Crippen molar-refractivity contribution in [3.8, 4) is 0 Å². The third-order valence-electron chi connectivity index (χ3n) is 3.11. The van der Waals surface area contributed by atoms with Crippen molar-refractivity contribution in [3.05, 3.63) is 35.4 Å². The number of rotatable bonds is 7. The minimum atomic E-state index is -0.607. The Hall–Kier alpha value is -1.88. The maximum absolute atomic E-state index is 12.3. The fourth-order valence-corrected chi connectivity index (χ4v) is 1.93. The lowest BCUT2D eigenvalue weighted by atomic mass is 10.0. The molecule has 2 N–H and O–H groups in total. The van der Waals surface area contributed by atoms with E-state index in [-0.39, 0.29) is 5.91 Å². The quantitative estimate of drug-likeness (QED) is 0.734. The van der Waals surface area contributed by atoms with Crippen LogP contribution in [0, 0.1) is 0 Å². The summed E-state index contributed by atoms with van der Waals surface area (Å²) in [6.07, 6.45) is 1.26. The zero-order valence-electron chi connectivity index (χ0n) is 12.2. The minimum absolute atomic E-state index is 0.242. The lowest BCUT2D eigenvalue weighted by Crippen LogP contribution is -2.41. The van der Waals surface area contributed by atoms with E-state index in [0.29, 0.717) is 12.0 Å². The van der Waals surface area contributed by atoms with Crippen LogP contribution in [0.4, 0.5) is 0 Å². The maximum Gasteiger partial charge on any atom is 0.328 e. The fourth-order valence-electron chi connectivity index (χ4n) is 1.93. The monoisotopic (exact) mass is 278 g/mol. The molecule has 5 heteroatoms. The Morgan fingerprint density at radius 3 is 2.60 bits per heavy atom. The summed E-state index contributed by atoms with van der Waals surface area (Å²) in [4.78, 5) is 23.8. The van der Waals surface area contributed by atoms with E-state index in [2.05, 4.69) is 15.4 Å². The van der Waals surface area contributed by atoms with Crippen LogP contribution >= 0.6 is 0 Å². The van der Waals surface area contributed by atoms with E-state index in [1.54, 1.807) is 6.07 Å². The summed E-state index contributed by atoms with van der Waals surface area (Å²) >= 11 is 0. The first-order valence-corrected chi connectivity index (χ1v) is 6.75. The molecule has 0 aliphatic rings. The van der Waals surface area contributed by atoms with Gasteiger partial charge in [0.05, 0.1) is 7.11 Å². The van der Waals surface area contributed by atoms with Gasteiger partial charge in [-0.2, -0.15) is 0 Å². The maximum atomic E-state index is 12.3. The van der Waals surface area contributed by atoms with Crippen LogP contribution in [0.15, 0.2) is 24.3 Å². The van der Waals surface area contributed by atoms with Crippen LogP contribution in [-0.4, -0.2) is 38.6 Å². The van der Waals surface area contributed by atoms with Crippen LogP contribution in [-0.2, 0) is 16.0 Å². The molecule has 0 heterocycles. The van der Waals surface area contributed by atoms with Crippen molar-refractivity contribution in [3.63, 3.8) is 0 Å². The van der Waals surface area contributed by atoms with Crippen LogP contribution in [0.1, 0.15) is 29.3 Å². The van der Waals surface area contributed by atoms with Gasteiger partial charge in [0, 0.05) is 5.56 Å². The van der Waals surface area contributed by atoms with E-state index >= 15 is 0 Å². The second kappa shape index (κ2) is 8.32. The molecule has 1 unspecified atom stereocenters. The minimum Gasteiger partial charge on any atom is -0.467 e. The van der Waals surface area contributed by atoms with Gasteiger partial charge in [0.2, 0.25) is 0 Å². The predicted molar refractivity (Wildman–Crippen MR) is 77.6 cm³/mol. The molecular weight excluding hydrogens is 256 g/mol. The van der Waals surface area contributed by atoms with Gasteiger partial charge in [0.1, 0.15) is 6.04 Å². The summed E-state index contributed by atoms with van der Waals surface area (Å²) in [5.74, 6) is -0.664. The van der Waals surface area contributed by atoms with E-state index in [1.165, 1.54) is 7.11 Å². The Kier molecular flexibility index (Phi) is 6.73. The molecule has 1 aromatic rings. The number of hydrogen-bond donors (Lipinski definition) is 2. The predicted octanol–water partition coefficient (Wildman–Crippen LogP) is 1.13. The number of nitrogens with one attached hydrogen (secondary N) is 2. The Bertz CT molecular complexity index is 460. The van der Waals surface area contributed by atoms with Gasteiger partial charge in [-0.25, -0.2) is 4.79 Å². The second-order valence-electron chi connectivity index (χ2n) is 4.47. The molecule has 0 fully saturated rings. The zero-order valence-corrected chi connectivity index (χ0v) is 12.2. The van der Waals surface area contributed by atoms with Crippen LogP contribution in [0.3, 0.4) is 0 Å². The molecule has 0 spiro atoms. The summed E-state index contributed by atoms with van der Waals surface area (Å²) in [5.41, 5.74) is 1.56. The molecule has 5 nitrogen and oxygen atoms in total. The largest absolute Gasteiger partial charge is 0.467 e. The highest BCUT2D eigenvalue weighted by Gasteiger charge is 2.21. The molecule has 0 aromatic heterocycles. The van der Waals surface area contributed by atoms with Crippen molar-refractivity contribution in [2.45, 2.75) is 25.8 Å². The summed E-state index contributed by atoms with van der Waals surface area (Å²) in [6.45, 7) is 2.62. The number of carbonyl (C=O) groups is 2. The standard InChI is InChI=1S/C15H22N2O3/c1-4-13(15(19)20-3)17-14(18)12-8-6-5-7-11(12)9-10-16-2/h5-8,13,16H,4,9-10H2,1-3H3,(H,17,18). The van der Waals surface area contributed by atoms with E-state index in [4.69, 9.17) is 0 Å². The number of likely N-dealkylation sites (N-methyl/N-ethyl adjacent to an activating group) is 1. The van der Waals surface area contributed by atoms with Crippen LogP contribution in [0.25, 0.3) is 0 Å². The summed E-state index contributed by atoms with van der Waals surface area (Å²) in [7, 11) is 3.19. The number of amides is 1. The van der Waals surface area contributed by atoms with Gasteiger partial charge in [-0.15, -0.1) is 0 Å². The number of benzene rings is 1. The summed E-state index contributed by atoms with van der Waals surface area (Å²) in [6, 6.07) is 6.80. The molecule has 110 valence electrons. The third kappa shape index (κ3) is 4.35. The Morgan fingerprint density at radius 1 is 1.30 bits per heavy atom. The SMILES string of the molecule is CCC(NC(=O)c1ccccc1CCNC)C(=O)OC. The molecule has 0 bridgehead atoms. The number of carbonyl (C=O) groups excluding carboxylic acids is 2.